The summed E-state index contributed by atoms with van der Waals surface area (Å²) in [6.07, 6.45) is -3.85. The lowest BCUT2D eigenvalue weighted by Gasteiger charge is -2.44. The number of rotatable bonds is 9. The molecule has 39 heavy (non-hydrogen) atoms. The first-order valence-corrected chi connectivity index (χ1v) is 13.6. The number of hydrogen-bond donors (Lipinski definition) is 3. The smallest absolute Gasteiger partial charge is 0.297 e. The predicted molar refractivity (Wildman–Crippen MR) is 141 cm³/mol. The van der Waals surface area contributed by atoms with Crippen molar-refractivity contribution in [1.29, 1.82) is 0 Å². The minimum atomic E-state index is -4.17. The van der Waals surface area contributed by atoms with Crippen LogP contribution in [0.2, 0.25) is 0 Å². The molecule has 1 saturated heterocycles. The average Bonchev–Trinajstić information content (AvgIpc) is 2.95. The topological polar surface area (TPSA) is 140 Å². The zero-order valence-electron chi connectivity index (χ0n) is 21.4. The molecule has 10 nitrogen and oxygen atoms in total. The van der Waals surface area contributed by atoms with Crippen molar-refractivity contribution in [2.24, 2.45) is 0 Å². The quantitative estimate of drug-likeness (QED) is 0.342. The first-order valence-electron chi connectivity index (χ1n) is 12.2. The monoisotopic (exact) mass is 554 g/mol. The summed E-state index contributed by atoms with van der Waals surface area (Å²) in [4.78, 5) is 26.0. The van der Waals surface area contributed by atoms with Crippen LogP contribution in [-0.4, -0.2) is 69.6 Å². The van der Waals surface area contributed by atoms with Gasteiger partial charge in [-0.25, -0.2) is 0 Å². The number of hydrogen-bond acceptors (Lipinski definition) is 8. The number of aryl methyl sites for hydroxylation is 1. The molecule has 0 bridgehead atoms. The third-order valence-electron chi connectivity index (χ3n) is 6.33. The van der Waals surface area contributed by atoms with E-state index in [0.29, 0.717) is 11.1 Å². The van der Waals surface area contributed by atoms with Crippen molar-refractivity contribution in [3.05, 3.63) is 102 Å². The highest BCUT2D eigenvalue weighted by Gasteiger charge is 2.47. The van der Waals surface area contributed by atoms with Crippen molar-refractivity contribution in [3.63, 3.8) is 0 Å². The summed E-state index contributed by atoms with van der Waals surface area (Å²) in [5, 5.41) is 16.8. The van der Waals surface area contributed by atoms with Crippen molar-refractivity contribution >= 4 is 21.9 Å². The highest BCUT2D eigenvalue weighted by molar-refractivity contribution is 7.86. The molecule has 1 aliphatic heterocycles. The molecule has 11 heteroatoms. The van der Waals surface area contributed by atoms with Crippen LogP contribution in [0.15, 0.2) is 89.8 Å². The molecule has 1 fully saturated rings. The lowest BCUT2D eigenvalue weighted by Crippen LogP contribution is -2.69. The number of benzene rings is 3. The Labute approximate surface area is 227 Å². The van der Waals surface area contributed by atoms with Gasteiger partial charge < -0.3 is 25.2 Å². The van der Waals surface area contributed by atoms with Gasteiger partial charge in [0.15, 0.2) is 6.29 Å². The first-order chi connectivity index (χ1) is 18.7. The molecule has 2 amide bonds. The second-order valence-corrected chi connectivity index (χ2v) is 10.7. The fourth-order valence-corrected chi connectivity index (χ4v) is 5.12. The van der Waals surface area contributed by atoms with Crippen LogP contribution in [0.1, 0.15) is 26.3 Å². The van der Waals surface area contributed by atoms with Crippen molar-refractivity contribution in [2.45, 2.75) is 42.4 Å². The van der Waals surface area contributed by atoms with Crippen molar-refractivity contribution < 1.29 is 36.8 Å². The number of amides is 2. The largest absolute Gasteiger partial charge is 0.388 e. The van der Waals surface area contributed by atoms with E-state index in [1.807, 2.05) is 6.92 Å². The zero-order chi connectivity index (χ0) is 28.0. The van der Waals surface area contributed by atoms with Gasteiger partial charge in [-0.1, -0.05) is 54.1 Å². The van der Waals surface area contributed by atoms with Gasteiger partial charge in [-0.3, -0.25) is 13.8 Å². The molecule has 5 unspecified atom stereocenters. The van der Waals surface area contributed by atoms with E-state index in [0.717, 1.165) is 5.56 Å². The maximum absolute atomic E-state index is 13.0. The lowest BCUT2D eigenvalue weighted by atomic mass is 9.93. The number of aliphatic hydroxyl groups is 1. The average molecular weight is 555 g/mol. The van der Waals surface area contributed by atoms with Gasteiger partial charge in [0.25, 0.3) is 21.9 Å². The normalized spacial score (nSPS) is 23.1. The molecule has 0 aliphatic carbocycles. The van der Waals surface area contributed by atoms with Gasteiger partial charge in [-0.05, 0) is 43.3 Å². The Balaban J connectivity index is 1.57. The Morgan fingerprint density at radius 1 is 0.846 bits per heavy atom. The Hall–Kier alpha value is -3.61. The van der Waals surface area contributed by atoms with Crippen LogP contribution in [0.4, 0.5) is 0 Å². The summed E-state index contributed by atoms with van der Waals surface area (Å²) in [6.45, 7) is 1.26. The molecule has 0 spiro atoms. The molecule has 3 N–H and O–H groups in total. The molecule has 0 aromatic heterocycles. The number of aliphatic hydroxyl groups excluding tert-OH is 1. The van der Waals surface area contributed by atoms with E-state index >= 15 is 0 Å². The zero-order valence-corrected chi connectivity index (χ0v) is 22.2. The molecule has 0 saturated carbocycles. The van der Waals surface area contributed by atoms with Gasteiger partial charge in [0.1, 0.15) is 18.2 Å². The summed E-state index contributed by atoms with van der Waals surface area (Å²) in [5.74, 6) is -0.989. The minimum Gasteiger partial charge on any atom is -0.388 e. The van der Waals surface area contributed by atoms with Gasteiger partial charge in [0.05, 0.1) is 17.5 Å². The van der Waals surface area contributed by atoms with E-state index in [-0.39, 0.29) is 4.90 Å². The van der Waals surface area contributed by atoms with Gasteiger partial charge in [0.2, 0.25) is 0 Å². The second-order valence-electron chi connectivity index (χ2n) is 9.05. The van der Waals surface area contributed by atoms with Gasteiger partial charge in [-0.15, -0.1) is 0 Å². The van der Waals surface area contributed by atoms with Crippen LogP contribution in [0.3, 0.4) is 0 Å². The van der Waals surface area contributed by atoms with Gasteiger partial charge >= 0.3 is 0 Å². The molecule has 1 heterocycles. The Morgan fingerprint density at radius 3 is 1.87 bits per heavy atom. The van der Waals surface area contributed by atoms with E-state index in [4.69, 9.17) is 13.7 Å². The second kappa shape index (κ2) is 12.5. The van der Waals surface area contributed by atoms with Crippen LogP contribution in [0, 0.1) is 6.92 Å². The molecule has 206 valence electrons. The third-order valence-corrected chi connectivity index (χ3v) is 7.63. The molecule has 3 aromatic rings. The van der Waals surface area contributed by atoms with Crippen LogP contribution in [0.5, 0.6) is 0 Å². The van der Waals surface area contributed by atoms with E-state index in [9.17, 15) is 23.1 Å². The number of methoxy groups -OCH3 is 1. The molecule has 0 radical (unpaired) electrons. The molecule has 4 rings (SSSR count). The maximum atomic E-state index is 13.0. The highest BCUT2D eigenvalue weighted by atomic mass is 32.2. The standard InChI is InChI=1S/C28H30N2O8S/c1-18-13-15-21(16-14-18)39(34,35)37-17-22-25(31)23(29-26(32)19-9-5-3-6-10-19)24(28(36-2)38-22)30-27(33)20-11-7-4-8-12-20/h3-16,22-25,28,31H,17H2,1-2H3,(H,29,32)(H,30,33). The summed E-state index contributed by atoms with van der Waals surface area (Å²) in [6, 6.07) is 20.7. The first kappa shape index (κ1) is 28.4. The van der Waals surface area contributed by atoms with E-state index in [1.165, 1.54) is 19.2 Å². The van der Waals surface area contributed by atoms with Crippen LogP contribution < -0.4 is 10.6 Å². The molecular weight excluding hydrogens is 524 g/mol. The molecule has 1 aliphatic rings. The minimum absolute atomic E-state index is 0.0522. The summed E-state index contributed by atoms with van der Waals surface area (Å²) in [5.41, 5.74) is 1.56. The number of ether oxygens (including phenoxy) is 2. The Bertz CT molecular complexity index is 1370. The van der Waals surface area contributed by atoms with E-state index < -0.39 is 59.1 Å². The Morgan fingerprint density at radius 2 is 1.36 bits per heavy atom. The summed E-state index contributed by atoms with van der Waals surface area (Å²) < 4.78 is 42.0. The van der Waals surface area contributed by atoms with E-state index in [1.54, 1.807) is 72.8 Å². The van der Waals surface area contributed by atoms with Gasteiger partial charge in [-0.2, -0.15) is 8.42 Å². The van der Waals surface area contributed by atoms with Crippen LogP contribution in [0.25, 0.3) is 0 Å². The van der Waals surface area contributed by atoms with Crippen LogP contribution in [-0.2, 0) is 23.8 Å². The summed E-state index contributed by atoms with van der Waals surface area (Å²) in [7, 11) is -2.83. The van der Waals surface area contributed by atoms with Gasteiger partial charge in [0, 0.05) is 18.2 Å². The third kappa shape index (κ3) is 6.88. The number of carbonyl (C=O) groups excluding carboxylic acids is 2. The molecule has 3 aromatic carbocycles. The highest BCUT2D eigenvalue weighted by Crippen LogP contribution is 2.25. The van der Waals surface area contributed by atoms with E-state index in [2.05, 4.69) is 10.6 Å². The predicted octanol–water partition coefficient (Wildman–Crippen LogP) is 2.03. The fraction of sp³-hybridized carbons (Fsp3) is 0.286. The fourth-order valence-electron chi connectivity index (χ4n) is 4.20. The van der Waals surface area contributed by atoms with Crippen molar-refractivity contribution in [1.82, 2.24) is 10.6 Å². The summed E-state index contributed by atoms with van der Waals surface area (Å²) >= 11 is 0. The Kier molecular flexibility index (Phi) is 9.10. The lowest BCUT2D eigenvalue weighted by molar-refractivity contribution is -0.237. The SMILES string of the molecule is COC1OC(COS(=O)(=O)c2ccc(C)cc2)C(O)C(NC(=O)c2ccccc2)C1NC(=O)c1ccccc1. The van der Waals surface area contributed by atoms with Crippen molar-refractivity contribution in [2.75, 3.05) is 13.7 Å². The van der Waals surface area contributed by atoms with Crippen molar-refractivity contribution in [3.8, 4) is 0 Å². The molecule has 5 atom stereocenters. The number of nitrogens with one attached hydrogen (secondary N) is 2. The molecular formula is C28H30N2O8S. The van der Waals surface area contributed by atoms with Crippen LogP contribution >= 0.6 is 0 Å². The maximum Gasteiger partial charge on any atom is 0.297 e. The number of carbonyl (C=O) groups is 2.